The van der Waals surface area contributed by atoms with Crippen molar-refractivity contribution in [3.63, 3.8) is 0 Å². The van der Waals surface area contributed by atoms with Gasteiger partial charge in [0.15, 0.2) is 0 Å². The fourth-order valence-electron chi connectivity index (χ4n) is 4.54. The zero-order chi connectivity index (χ0) is 28.5. The van der Waals surface area contributed by atoms with Gasteiger partial charge >= 0.3 is 0 Å². The molecule has 1 saturated heterocycles. The van der Waals surface area contributed by atoms with E-state index in [0.717, 1.165) is 11.3 Å². The zero-order valence-electron chi connectivity index (χ0n) is 22.2. The van der Waals surface area contributed by atoms with Crippen LogP contribution in [0.5, 0.6) is 5.75 Å². The van der Waals surface area contributed by atoms with Crippen molar-refractivity contribution in [1.82, 2.24) is 14.7 Å². The Labute approximate surface area is 238 Å². The van der Waals surface area contributed by atoms with Gasteiger partial charge in [-0.2, -0.15) is 0 Å². The molecule has 3 aromatic carbocycles. The molecule has 1 aliphatic rings. The molecule has 0 N–H and O–H groups in total. The Kier molecular flexibility index (Phi) is 9.88. The minimum Gasteiger partial charge on any atom is -0.496 e. The average Bonchev–Trinajstić information content (AvgIpc) is 2.98. The number of nitrogens with zero attached hydrogens (tertiary/aromatic N) is 4. The second kappa shape index (κ2) is 13.7. The van der Waals surface area contributed by atoms with Gasteiger partial charge in [0.2, 0.25) is 0 Å². The molecule has 0 unspecified atom stereocenters. The first-order valence-electron chi connectivity index (χ1n) is 13.0. The van der Waals surface area contributed by atoms with E-state index in [1.807, 2.05) is 36.4 Å². The number of piperazine rings is 1. The van der Waals surface area contributed by atoms with Gasteiger partial charge in [-0.25, -0.2) is 0 Å². The predicted octanol–water partition coefficient (Wildman–Crippen LogP) is 4.87. The zero-order valence-corrected chi connectivity index (χ0v) is 23.0. The van der Waals surface area contributed by atoms with Crippen molar-refractivity contribution in [1.29, 1.82) is 0 Å². The van der Waals surface area contributed by atoms with Gasteiger partial charge in [-0.15, -0.1) is 0 Å². The van der Waals surface area contributed by atoms with E-state index in [2.05, 4.69) is 4.90 Å². The van der Waals surface area contributed by atoms with Gasteiger partial charge in [0.05, 0.1) is 12.0 Å². The van der Waals surface area contributed by atoms with Crippen LogP contribution in [-0.2, 0) is 0 Å². The van der Waals surface area contributed by atoms with Gasteiger partial charge in [0.25, 0.3) is 17.5 Å². The summed E-state index contributed by atoms with van der Waals surface area (Å²) in [6.45, 7) is 3.94. The van der Waals surface area contributed by atoms with Gasteiger partial charge in [-0.1, -0.05) is 48.0 Å². The summed E-state index contributed by atoms with van der Waals surface area (Å²) in [5.74, 6) is 0.501. The molecule has 2 amide bonds. The molecule has 40 heavy (non-hydrogen) atoms. The molecular weight excluding hydrogens is 532 g/mol. The van der Waals surface area contributed by atoms with Crippen LogP contribution in [0.2, 0.25) is 5.02 Å². The largest absolute Gasteiger partial charge is 0.496 e. The Morgan fingerprint density at radius 1 is 1.00 bits per heavy atom. The number of rotatable bonds is 10. The molecule has 0 saturated carbocycles. The second-order valence-corrected chi connectivity index (χ2v) is 9.78. The average molecular weight is 563 g/mol. The first-order valence-corrected chi connectivity index (χ1v) is 13.3. The number of methoxy groups -OCH3 is 1. The molecule has 9 nitrogen and oxygen atoms in total. The quantitative estimate of drug-likeness (QED) is 0.258. The highest BCUT2D eigenvalue weighted by molar-refractivity contribution is 6.30. The van der Waals surface area contributed by atoms with Crippen molar-refractivity contribution in [2.75, 3.05) is 52.9 Å². The molecule has 4 rings (SSSR count). The molecule has 3 aromatic rings. The minimum atomic E-state index is -0.484. The monoisotopic (exact) mass is 562 g/mol. The van der Waals surface area contributed by atoms with E-state index in [1.54, 1.807) is 41.2 Å². The number of carbonyl (C=O) groups excluding carboxylic acids is 2. The van der Waals surface area contributed by atoms with E-state index in [9.17, 15) is 19.7 Å². The molecule has 1 heterocycles. The maximum atomic E-state index is 13.4. The van der Waals surface area contributed by atoms with Crippen LogP contribution in [0.1, 0.15) is 26.3 Å². The molecule has 0 atom stereocenters. The topological polar surface area (TPSA) is 96.2 Å². The van der Waals surface area contributed by atoms with Gasteiger partial charge in [0, 0.05) is 79.7 Å². The SMILES string of the molecule is COc1ccccc1/C=C/CN(CCN1CCN(C(=O)c2ccc([N+](=O)[O-])cc2)CC1)C(=O)c1cccc(Cl)c1. The molecule has 1 aliphatic heterocycles. The van der Waals surface area contributed by atoms with Crippen molar-refractivity contribution in [3.05, 3.63) is 111 Å². The summed E-state index contributed by atoms with van der Waals surface area (Å²) in [4.78, 5) is 42.4. The number of halogens is 1. The molecule has 0 spiro atoms. The third-order valence-electron chi connectivity index (χ3n) is 6.79. The van der Waals surface area contributed by atoms with Crippen LogP contribution in [0.25, 0.3) is 6.08 Å². The summed E-state index contributed by atoms with van der Waals surface area (Å²) in [6, 6.07) is 20.3. The Morgan fingerprint density at radius 2 is 1.73 bits per heavy atom. The summed E-state index contributed by atoms with van der Waals surface area (Å²) in [6.07, 6.45) is 3.89. The lowest BCUT2D eigenvalue weighted by Crippen LogP contribution is -2.50. The van der Waals surface area contributed by atoms with Gasteiger partial charge < -0.3 is 14.5 Å². The number of nitro benzene ring substituents is 1. The lowest BCUT2D eigenvalue weighted by atomic mass is 10.1. The number of hydrogen-bond donors (Lipinski definition) is 0. The number of hydrogen-bond acceptors (Lipinski definition) is 6. The Hall–Kier alpha value is -4.21. The number of nitro groups is 1. The molecule has 0 aromatic heterocycles. The van der Waals surface area contributed by atoms with Crippen LogP contribution in [0, 0.1) is 10.1 Å². The molecule has 208 valence electrons. The Bertz CT molecular complexity index is 1370. The van der Waals surface area contributed by atoms with E-state index in [1.165, 1.54) is 24.3 Å². The highest BCUT2D eigenvalue weighted by atomic mass is 35.5. The van der Waals surface area contributed by atoms with Crippen molar-refractivity contribution in [2.45, 2.75) is 0 Å². The summed E-state index contributed by atoms with van der Waals surface area (Å²) in [7, 11) is 1.63. The lowest BCUT2D eigenvalue weighted by molar-refractivity contribution is -0.384. The number of benzene rings is 3. The highest BCUT2D eigenvalue weighted by Gasteiger charge is 2.24. The first-order chi connectivity index (χ1) is 19.4. The number of amides is 2. The second-order valence-electron chi connectivity index (χ2n) is 9.34. The van der Waals surface area contributed by atoms with Gasteiger partial charge in [-0.05, 0) is 36.4 Å². The third kappa shape index (κ3) is 7.46. The number of para-hydroxylation sites is 1. The van der Waals surface area contributed by atoms with Crippen molar-refractivity contribution in [2.24, 2.45) is 0 Å². The van der Waals surface area contributed by atoms with Gasteiger partial charge in [-0.3, -0.25) is 24.6 Å². The van der Waals surface area contributed by atoms with Crippen LogP contribution < -0.4 is 4.74 Å². The lowest BCUT2D eigenvalue weighted by Gasteiger charge is -2.35. The summed E-state index contributed by atoms with van der Waals surface area (Å²) in [5, 5.41) is 11.4. The van der Waals surface area contributed by atoms with E-state index < -0.39 is 4.92 Å². The van der Waals surface area contributed by atoms with E-state index in [0.29, 0.717) is 62.0 Å². The summed E-state index contributed by atoms with van der Waals surface area (Å²) < 4.78 is 5.42. The highest BCUT2D eigenvalue weighted by Crippen LogP contribution is 2.19. The van der Waals surface area contributed by atoms with Crippen LogP contribution in [0.15, 0.2) is 78.9 Å². The maximum Gasteiger partial charge on any atom is 0.269 e. The van der Waals surface area contributed by atoms with Crippen LogP contribution >= 0.6 is 11.6 Å². The maximum absolute atomic E-state index is 13.4. The summed E-state index contributed by atoms with van der Waals surface area (Å²) >= 11 is 6.15. The van der Waals surface area contributed by atoms with Crippen LogP contribution in [-0.4, -0.2) is 84.4 Å². The standard InChI is InChI=1S/C30H31ClN4O5/c1-40-28-10-3-2-6-23(28)8-5-15-33(30(37)25-7-4-9-26(31)22-25)19-16-32-17-20-34(21-18-32)29(36)24-11-13-27(14-12-24)35(38)39/h2-14,22H,15-21H2,1H3/b8-5+. The van der Waals surface area contributed by atoms with E-state index in [4.69, 9.17) is 16.3 Å². The molecule has 0 radical (unpaired) electrons. The van der Waals surface area contributed by atoms with Crippen molar-refractivity contribution >= 4 is 35.2 Å². The van der Waals surface area contributed by atoms with Gasteiger partial charge in [0.1, 0.15) is 5.75 Å². The number of non-ortho nitro benzene ring substituents is 1. The molecule has 10 heteroatoms. The van der Waals surface area contributed by atoms with Crippen LogP contribution in [0.4, 0.5) is 5.69 Å². The number of carbonyl (C=O) groups is 2. The Morgan fingerprint density at radius 3 is 2.40 bits per heavy atom. The fraction of sp³-hybridized carbons (Fsp3) is 0.267. The van der Waals surface area contributed by atoms with Crippen LogP contribution in [0.3, 0.4) is 0 Å². The smallest absolute Gasteiger partial charge is 0.269 e. The summed E-state index contributed by atoms with van der Waals surface area (Å²) in [5.41, 5.74) is 1.83. The van der Waals surface area contributed by atoms with Crippen molar-refractivity contribution < 1.29 is 19.2 Å². The van der Waals surface area contributed by atoms with E-state index >= 15 is 0 Å². The Balaban J connectivity index is 1.37. The molecular formula is C30H31ClN4O5. The molecule has 0 aliphatic carbocycles. The minimum absolute atomic E-state index is 0.0454. The number of ether oxygens (including phenoxy) is 1. The normalized spacial score (nSPS) is 13.8. The molecule has 1 fully saturated rings. The van der Waals surface area contributed by atoms with Crippen molar-refractivity contribution in [3.8, 4) is 5.75 Å². The van der Waals surface area contributed by atoms with E-state index in [-0.39, 0.29) is 17.5 Å². The first kappa shape index (κ1) is 28.8. The fourth-order valence-corrected chi connectivity index (χ4v) is 4.73. The molecule has 0 bridgehead atoms. The third-order valence-corrected chi connectivity index (χ3v) is 7.03. The predicted molar refractivity (Wildman–Crippen MR) is 155 cm³/mol.